The van der Waals surface area contributed by atoms with Crippen molar-refractivity contribution in [3.05, 3.63) is 41.3 Å². The first-order chi connectivity index (χ1) is 13.1. The lowest BCUT2D eigenvalue weighted by Gasteiger charge is -2.11. The van der Waals surface area contributed by atoms with Crippen molar-refractivity contribution in [3.63, 3.8) is 0 Å². The highest BCUT2D eigenvalue weighted by Crippen LogP contribution is 2.36. The van der Waals surface area contributed by atoms with Crippen LogP contribution >= 0.6 is 51.8 Å². The monoisotopic (exact) mass is 534 g/mol. The van der Waals surface area contributed by atoms with Gasteiger partial charge in [-0.05, 0) is 60.2 Å². The summed E-state index contributed by atoms with van der Waals surface area (Å²) in [7, 11) is 0. The molecule has 0 amide bonds. The highest BCUT2D eigenvalue weighted by atomic mass is 127. The summed E-state index contributed by atoms with van der Waals surface area (Å²) in [6, 6.07) is 10.0. The minimum absolute atomic E-state index is 0.465. The number of hydrogen-bond acceptors (Lipinski definition) is 5. The van der Waals surface area contributed by atoms with E-state index in [4.69, 9.17) is 16.3 Å². The number of imidazole rings is 1. The lowest BCUT2D eigenvalue weighted by Crippen LogP contribution is -1.95. The zero-order chi connectivity index (χ0) is 19.2. The maximum absolute atomic E-state index is 6.21. The van der Waals surface area contributed by atoms with E-state index in [1.54, 1.807) is 11.8 Å². The van der Waals surface area contributed by atoms with Crippen molar-refractivity contribution in [1.82, 2.24) is 14.3 Å². The number of nitrogens with one attached hydrogen (secondary N) is 1. The van der Waals surface area contributed by atoms with Gasteiger partial charge < -0.3 is 10.1 Å². The molecule has 9 heteroatoms. The molecule has 0 spiro atoms. The Labute approximate surface area is 183 Å². The summed E-state index contributed by atoms with van der Waals surface area (Å²) in [6.45, 7) is 3.99. The van der Waals surface area contributed by atoms with Crippen LogP contribution in [0.2, 0.25) is 5.15 Å². The van der Waals surface area contributed by atoms with Gasteiger partial charge in [-0.2, -0.15) is 0 Å². The Balaban J connectivity index is 0.000000364. The third kappa shape index (κ3) is 5.26. The lowest BCUT2D eigenvalue weighted by molar-refractivity contribution is 0.198. The number of para-hydroxylation sites is 1. The van der Waals surface area contributed by atoms with Gasteiger partial charge in [-0.1, -0.05) is 23.7 Å². The van der Waals surface area contributed by atoms with Crippen LogP contribution in [0.4, 0.5) is 11.4 Å². The zero-order valence-electron chi connectivity index (χ0n) is 15.1. The maximum Gasteiger partial charge on any atom is 0.167 e. The molecule has 0 bridgehead atoms. The Bertz CT molecular complexity index is 912. The average Bonchev–Trinajstić information content (AvgIpc) is 3.33. The predicted octanol–water partition coefficient (Wildman–Crippen LogP) is 6.45. The van der Waals surface area contributed by atoms with Gasteiger partial charge in [0, 0.05) is 24.2 Å². The third-order valence-electron chi connectivity index (χ3n) is 4.04. The quantitative estimate of drug-likeness (QED) is 0.181. The molecule has 0 saturated carbocycles. The molecule has 3 aromatic rings. The average molecular weight is 535 g/mol. The van der Waals surface area contributed by atoms with Crippen molar-refractivity contribution in [2.24, 2.45) is 0 Å². The van der Waals surface area contributed by atoms with E-state index in [0.29, 0.717) is 11.5 Å². The normalized spacial score (nSPS) is 13.9. The summed E-state index contributed by atoms with van der Waals surface area (Å²) in [5, 5.41) is 3.92. The second kappa shape index (κ2) is 10.3. The molecule has 0 radical (unpaired) electrons. The summed E-state index contributed by atoms with van der Waals surface area (Å²) in [5.74, 6) is 0.943. The van der Waals surface area contributed by atoms with E-state index in [0.717, 1.165) is 41.6 Å². The number of pyridine rings is 1. The molecule has 1 saturated heterocycles. The minimum atomic E-state index is 0.465. The van der Waals surface area contributed by atoms with Crippen molar-refractivity contribution in [2.75, 3.05) is 24.8 Å². The number of nitrogens with zero attached hydrogens (tertiary/aromatic N) is 3. The van der Waals surface area contributed by atoms with E-state index in [1.165, 1.54) is 17.7 Å². The highest BCUT2D eigenvalue weighted by Gasteiger charge is 2.14. The summed E-state index contributed by atoms with van der Waals surface area (Å²) in [6.07, 6.45) is 5.15. The van der Waals surface area contributed by atoms with E-state index < -0.39 is 0 Å². The van der Waals surface area contributed by atoms with Crippen LogP contribution < -0.4 is 5.32 Å². The molecule has 1 aliphatic rings. The Hall–Kier alpha value is -0.600. The molecule has 2 aromatic heterocycles. The highest BCUT2D eigenvalue weighted by molar-refractivity contribution is 14.2. The Morgan fingerprint density at radius 3 is 2.59 bits per heavy atom. The number of aromatic nitrogens is 3. The summed E-state index contributed by atoms with van der Waals surface area (Å²) < 4.78 is 7.02. The molecular formula is C18H21ClIN4OPS. The predicted molar refractivity (Wildman–Crippen MR) is 127 cm³/mol. The van der Waals surface area contributed by atoms with Crippen molar-refractivity contribution in [3.8, 4) is 0 Å². The summed E-state index contributed by atoms with van der Waals surface area (Å²) in [4.78, 5) is 10.3. The van der Waals surface area contributed by atoms with Crippen LogP contribution in [0.1, 0.15) is 18.7 Å². The molecule has 1 N–H and O–H groups in total. The molecular weight excluding hydrogens is 514 g/mol. The molecule has 1 atom stereocenters. The second-order valence-electron chi connectivity index (χ2n) is 5.89. The van der Waals surface area contributed by atoms with E-state index >= 15 is 0 Å². The standard InChI is InChI=1S/C14H13ClIN4PS.C4H8O/c1-8-17-13-10(7-12(15)19-14(13)20(8)21-16)18-9-5-3-4-6-11(9)22-2;1-2-4-5-3-1/h3-7,21H,1-2H3,(H,18,19);1-4H2. The van der Waals surface area contributed by atoms with Crippen molar-refractivity contribution < 1.29 is 4.74 Å². The van der Waals surface area contributed by atoms with Crippen LogP contribution in [0.25, 0.3) is 11.2 Å². The number of hydrogen-bond donors (Lipinski definition) is 1. The van der Waals surface area contributed by atoms with E-state index in [9.17, 15) is 0 Å². The van der Waals surface area contributed by atoms with Crippen LogP contribution in [0, 0.1) is 6.92 Å². The molecule has 1 fully saturated rings. The van der Waals surface area contributed by atoms with E-state index in [1.807, 2.05) is 25.1 Å². The molecule has 5 nitrogen and oxygen atoms in total. The van der Waals surface area contributed by atoms with Crippen molar-refractivity contribution >= 4 is 74.3 Å². The number of halogens is 2. The van der Waals surface area contributed by atoms with Gasteiger partial charge in [0.1, 0.15) is 16.5 Å². The Morgan fingerprint density at radius 1 is 1.22 bits per heavy atom. The number of anilines is 2. The maximum atomic E-state index is 6.21. The molecule has 144 valence electrons. The van der Waals surface area contributed by atoms with Gasteiger partial charge in [0.2, 0.25) is 0 Å². The fourth-order valence-electron chi connectivity index (χ4n) is 2.73. The molecule has 1 aliphatic heterocycles. The van der Waals surface area contributed by atoms with Gasteiger partial charge in [0.15, 0.2) is 5.65 Å². The minimum Gasteiger partial charge on any atom is -0.381 e. The van der Waals surface area contributed by atoms with Gasteiger partial charge in [0.05, 0.1) is 17.7 Å². The SMILES string of the molecule is C1CCOC1.CSc1ccccc1Nc1cc(Cl)nc2c1nc(C)n2PI. The number of thioether (sulfide) groups is 1. The van der Waals surface area contributed by atoms with Gasteiger partial charge in [-0.25, -0.2) is 9.97 Å². The molecule has 0 aliphatic carbocycles. The number of fused-ring (bicyclic) bond motifs is 1. The molecule has 1 aromatic carbocycles. The number of benzene rings is 1. The molecule has 4 rings (SSSR count). The Kier molecular flexibility index (Phi) is 8.02. The Morgan fingerprint density at radius 2 is 1.96 bits per heavy atom. The lowest BCUT2D eigenvalue weighted by atomic mass is 10.3. The topological polar surface area (TPSA) is 52.0 Å². The van der Waals surface area contributed by atoms with E-state index in [2.05, 4.69) is 60.1 Å². The summed E-state index contributed by atoms with van der Waals surface area (Å²) in [5.41, 5.74) is 3.60. The number of aryl methyl sites for hydroxylation is 1. The molecule has 3 heterocycles. The fraction of sp³-hybridized carbons (Fsp3) is 0.333. The van der Waals surface area contributed by atoms with Crippen LogP contribution in [-0.4, -0.2) is 33.8 Å². The van der Waals surface area contributed by atoms with Crippen LogP contribution in [-0.2, 0) is 4.74 Å². The second-order valence-corrected chi connectivity index (χ2v) is 9.19. The zero-order valence-corrected chi connectivity index (χ0v) is 19.9. The molecule has 27 heavy (non-hydrogen) atoms. The van der Waals surface area contributed by atoms with Gasteiger partial charge in [0.25, 0.3) is 0 Å². The van der Waals surface area contributed by atoms with Crippen molar-refractivity contribution in [2.45, 2.75) is 24.7 Å². The number of rotatable bonds is 4. The van der Waals surface area contributed by atoms with Gasteiger partial charge >= 0.3 is 0 Å². The summed E-state index contributed by atoms with van der Waals surface area (Å²) >= 11 is 10.2. The van der Waals surface area contributed by atoms with Crippen molar-refractivity contribution in [1.29, 1.82) is 0 Å². The van der Waals surface area contributed by atoms with Crippen LogP contribution in [0.3, 0.4) is 0 Å². The first-order valence-electron chi connectivity index (χ1n) is 8.54. The first kappa shape index (κ1) is 21.1. The largest absolute Gasteiger partial charge is 0.381 e. The van der Waals surface area contributed by atoms with Crippen LogP contribution in [0.5, 0.6) is 0 Å². The third-order valence-corrected chi connectivity index (χ3v) is 7.18. The van der Waals surface area contributed by atoms with Gasteiger partial charge in [-0.3, -0.25) is 4.34 Å². The van der Waals surface area contributed by atoms with Gasteiger partial charge in [-0.15, -0.1) is 11.8 Å². The molecule has 1 unspecified atom stereocenters. The first-order valence-corrected chi connectivity index (χ1v) is 14.2. The fourth-order valence-corrected chi connectivity index (χ4v) is 5.61. The van der Waals surface area contributed by atoms with Crippen LogP contribution in [0.15, 0.2) is 35.2 Å². The van der Waals surface area contributed by atoms with E-state index in [-0.39, 0.29) is 0 Å². The smallest absolute Gasteiger partial charge is 0.167 e. The number of ether oxygens (including phenoxy) is 1.